The van der Waals surface area contributed by atoms with E-state index in [2.05, 4.69) is 10.3 Å². The minimum Gasteiger partial charge on any atom is -0.550 e. The Labute approximate surface area is 252 Å². The summed E-state index contributed by atoms with van der Waals surface area (Å²) in [5.74, 6) is -2.85. The largest absolute Gasteiger partial charge is 1.00 e. The van der Waals surface area contributed by atoms with Gasteiger partial charge in [-0.1, -0.05) is 13.8 Å². The van der Waals surface area contributed by atoms with Crippen LogP contribution in [0.3, 0.4) is 0 Å². The van der Waals surface area contributed by atoms with Gasteiger partial charge < -0.3 is 59.2 Å². The molecule has 14 N–H and O–H groups in total. The summed E-state index contributed by atoms with van der Waals surface area (Å²) in [7, 11) is 0. The van der Waals surface area contributed by atoms with Crippen LogP contribution in [0.1, 0.15) is 52.9 Å². The van der Waals surface area contributed by atoms with Gasteiger partial charge in [-0.15, -0.1) is 12.4 Å². The van der Waals surface area contributed by atoms with E-state index in [1.165, 1.54) is 20.8 Å². The fraction of sp³-hybridized carbons (Fsp3) is 0.762. The molecule has 0 aliphatic rings. The van der Waals surface area contributed by atoms with Crippen molar-refractivity contribution in [1.82, 2.24) is 5.32 Å². The topological polar surface area (TPSA) is 307 Å². The van der Waals surface area contributed by atoms with Crippen molar-refractivity contribution < 1.29 is 69.2 Å². The summed E-state index contributed by atoms with van der Waals surface area (Å²) in [6.07, 6.45) is 0.825. The number of aliphatic carboxylic acids is 2. The molecule has 0 saturated carbocycles. The van der Waals surface area contributed by atoms with Gasteiger partial charge in [-0.2, -0.15) is 0 Å². The SMILES string of the molecule is CC(=O)[C@@H](N)CCCN=C(N)N.CC(C)(CO)C(O)C(=O)NCCC(=O)[O-].Cl.NCCC[C@H](N)C(=O)O.[Na+]. The van der Waals surface area contributed by atoms with Crippen molar-refractivity contribution in [3.8, 4) is 0 Å². The molecular weight excluding hydrogens is 537 g/mol. The molecule has 0 bridgehead atoms. The van der Waals surface area contributed by atoms with Gasteiger partial charge in [0.05, 0.1) is 12.6 Å². The molecule has 0 aromatic carbocycles. The number of aliphatic hydroxyl groups is 2. The summed E-state index contributed by atoms with van der Waals surface area (Å²) < 4.78 is 0. The van der Waals surface area contributed by atoms with E-state index in [-0.39, 0.29) is 79.3 Å². The average Bonchev–Trinajstić information content (AvgIpc) is 2.79. The summed E-state index contributed by atoms with van der Waals surface area (Å²) in [6.45, 7) is 5.11. The minimum absolute atomic E-state index is 0. The number of guanidine groups is 1. The molecule has 0 spiro atoms. The van der Waals surface area contributed by atoms with Gasteiger partial charge in [-0.05, 0) is 39.2 Å². The number of aliphatic imine (C=N–C) groups is 1. The monoisotopic (exact) mass is 581 g/mol. The van der Waals surface area contributed by atoms with Gasteiger partial charge in [0.1, 0.15) is 17.9 Å². The van der Waals surface area contributed by atoms with Crippen LogP contribution in [-0.4, -0.2) is 89.3 Å². The number of hydrogen-bond donors (Lipinski definition) is 9. The van der Waals surface area contributed by atoms with E-state index in [9.17, 15) is 29.4 Å². The van der Waals surface area contributed by atoms with Crippen molar-refractivity contribution in [2.45, 2.75) is 71.1 Å². The van der Waals surface area contributed by atoms with E-state index in [1.54, 1.807) is 0 Å². The molecule has 3 atom stereocenters. The van der Waals surface area contributed by atoms with Crippen molar-refractivity contribution in [3.05, 3.63) is 0 Å². The number of rotatable bonds is 15. The molecule has 0 radical (unpaired) electrons. The minimum atomic E-state index is -1.37. The van der Waals surface area contributed by atoms with Crippen LogP contribution in [-0.2, 0) is 19.2 Å². The molecule has 1 unspecified atom stereocenters. The summed E-state index contributed by atoms with van der Waals surface area (Å²) in [5.41, 5.74) is 25.0. The first-order chi connectivity index (χ1) is 16.5. The van der Waals surface area contributed by atoms with Gasteiger partial charge in [-0.25, -0.2) is 0 Å². The zero-order valence-electron chi connectivity index (χ0n) is 22.7. The van der Waals surface area contributed by atoms with Crippen molar-refractivity contribution in [2.24, 2.45) is 39.1 Å². The second-order valence-electron chi connectivity index (χ2n) is 8.50. The first kappa shape index (κ1) is 46.3. The number of hydrogen-bond acceptors (Lipinski definition) is 11. The maximum atomic E-state index is 11.2. The number of amides is 1. The average molecular weight is 582 g/mol. The van der Waals surface area contributed by atoms with E-state index < -0.39 is 35.4 Å². The predicted molar refractivity (Wildman–Crippen MR) is 139 cm³/mol. The summed E-state index contributed by atoms with van der Waals surface area (Å²) >= 11 is 0. The molecule has 0 aliphatic heterocycles. The standard InChI is InChI=1S/C9H17NO5.C7H16N4O.C5H12N2O2.ClH.Na/c1-9(2,5-11)7(14)8(15)10-4-3-6(12)13;1-5(12)6(8)3-2-4-11-7(9)10;6-3-1-2-4(7)5(8)9;;/h7,11,14H,3-5H2,1-2H3,(H,10,15)(H,12,13);6H,2-4,8H2,1H3,(H4,9,10,11);4H,1-3,6-7H2,(H,8,9);1H;/q;;;;+1/p-1/t;6-;4-;;/m.00../s1. The molecule has 0 saturated heterocycles. The fourth-order valence-electron chi connectivity index (χ4n) is 2.01. The summed E-state index contributed by atoms with van der Waals surface area (Å²) in [4.78, 5) is 45.7. The summed E-state index contributed by atoms with van der Waals surface area (Å²) in [5, 5.41) is 38.9. The molecule has 0 aromatic heterocycles. The second kappa shape index (κ2) is 27.0. The van der Waals surface area contributed by atoms with E-state index >= 15 is 0 Å². The number of Topliss-reactive ketones (excluding diaryl/α,β-unsaturated/α-hetero) is 1. The third kappa shape index (κ3) is 29.0. The first-order valence-corrected chi connectivity index (χ1v) is 11.3. The van der Waals surface area contributed by atoms with E-state index in [0.29, 0.717) is 32.4 Å². The number of halogens is 1. The van der Waals surface area contributed by atoms with Crippen LogP contribution in [0.15, 0.2) is 4.99 Å². The zero-order valence-corrected chi connectivity index (χ0v) is 25.5. The van der Waals surface area contributed by atoms with Crippen LogP contribution >= 0.6 is 12.4 Å². The van der Waals surface area contributed by atoms with Crippen LogP contribution in [0.2, 0.25) is 0 Å². The smallest absolute Gasteiger partial charge is 0.550 e. The van der Waals surface area contributed by atoms with Crippen LogP contribution < -0.4 is 68.6 Å². The molecule has 0 aromatic rings. The Morgan fingerprint density at radius 1 is 1.05 bits per heavy atom. The Bertz CT molecular complexity index is 698. The Morgan fingerprint density at radius 3 is 1.92 bits per heavy atom. The van der Waals surface area contributed by atoms with E-state index in [0.717, 1.165) is 6.42 Å². The van der Waals surface area contributed by atoms with Crippen LogP contribution in [0.4, 0.5) is 0 Å². The predicted octanol–water partition coefficient (Wildman–Crippen LogP) is -6.86. The van der Waals surface area contributed by atoms with Gasteiger partial charge in [-0.3, -0.25) is 19.4 Å². The molecule has 1 amide bonds. The number of carbonyl (C=O) groups excluding carboxylic acids is 3. The second-order valence-corrected chi connectivity index (χ2v) is 8.50. The van der Waals surface area contributed by atoms with Gasteiger partial charge >= 0.3 is 35.5 Å². The van der Waals surface area contributed by atoms with Gasteiger partial charge in [0, 0.05) is 30.9 Å². The number of ketones is 1. The zero-order chi connectivity index (χ0) is 28.9. The van der Waals surface area contributed by atoms with Crippen molar-refractivity contribution >= 4 is 42.0 Å². The normalized spacial score (nSPS) is 12.2. The molecule has 0 rings (SSSR count). The molecule has 0 fully saturated rings. The van der Waals surface area contributed by atoms with Crippen molar-refractivity contribution in [2.75, 3.05) is 26.2 Å². The van der Waals surface area contributed by atoms with Crippen LogP contribution in [0, 0.1) is 5.41 Å². The molecular formula is C21H45ClN7NaO8. The van der Waals surface area contributed by atoms with E-state index in [4.69, 9.17) is 38.9 Å². The number of nitrogens with one attached hydrogen (secondary N) is 1. The van der Waals surface area contributed by atoms with Crippen molar-refractivity contribution in [3.63, 3.8) is 0 Å². The number of carbonyl (C=O) groups is 4. The third-order valence-corrected chi connectivity index (χ3v) is 4.55. The Balaban J connectivity index is -0.000000144. The number of aliphatic hydroxyl groups excluding tert-OH is 2. The quantitative estimate of drug-likeness (QED) is 0.0376. The Hall–Kier alpha value is -1.56. The Kier molecular flexibility index (Phi) is 32.9. The number of carboxylic acids is 2. The van der Waals surface area contributed by atoms with Crippen LogP contribution in [0.5, 0.6) is 0 Å². The Morgan fingerprint density at radius 2 is 1.55 bits per heavy atom. The maximum Gasteiger partial charge on any atom is 1.00 e. The van der Waals surface area contributed by atoms with Crippen molar-refractivity contribution in [1.29, 1.82) is 0 Å². The molecule has 17 heteroatoms. The fourth-order valence-corrected chi connectivity index (χ4v) is 2.01. The molecule has 0 heterocycles. The van der Waals surface area contributed by atoms with Gasteiger partial charge in [0.25, 0.3) is 0 Å². The first-order valence-electron chi connectivity index (χ1n) is 11.3. The number of nitrogens with two attached hydrogens (primary N) is 5. The van der Waals surface area contributed by atoms with Gasteiger partial charge in [0.2, 0.25) is 5.91 Å². The molecule has 38 heavy (non-hydrogen) atoms. The van der Waals surface area contributed by atoms with Crippen LogP contribution in [0.25, 0.3) is 0 Å². The number of carboxylic acid groups (broad SMARTS) is 2. The third-order valence-electron chi connectivity index (χ3n) is 4.55. The molecule has 220 valence electrons. The summed E-state index contributed by atoms with van der Waals surface area (Å²) in [6, 6.07) is -1.12. The number of nitrogens with zero attached hydrogens (tertiary/aromatic N) is 1. The molecule has 0 aliphatic carbocycles. The molecule has 15 nitrogen and oxygen atoms in total. The van der Waals surface area contributed by atoms with Gasteiger partial charge in [0.15, 0.2) is 5.96 Å². The maximum absolute atomic E-state index is 11.2. The van der Waals surface area contributed by atoms with E-state index in [1.807, 2.05) is 0 Å².